The summed E-state index contributed by atoms with van der Waals surface area (Å²) >= 11 is 0. The Morgan fingerprint density at radius 1 is 1.47 bits per heavy atom. The molecule has 5 atom stereocenters. The lowest BCUT2D eigenvalue weighted by atomic mass is 9.96. The molecule has 0 spiro atoms. The van der Waals surface area contributed by atoms with Gasteiger partial charge in [-0.1, -0.05) is 0 Å². The predicted octanol–water partition coefficient (Wildman–Crippen LogP) is -2.03. The summed E-state index contributed by atoms with van der Waals surface area (Å²) in [5.74, 6) is -0.364. The summed E-state index contributed by atoms with van der Waals surface area (Å²) in [6, 6.07) is -0.856. The fourth-order valence-corrected chi connectivity index (χ4v) is 1.86. The second-order valence-electron chi connectivity index (χ2n) is 3.88. The highest BCUT2D eigenvalue weighted by molar-refractivity contribution is 5.73. The molecule has 4 N–H and O–H groups in total. The van der Waals surface area contributed by atoms with Crippen LogP contribution in [-0.2, 0) is 14.3 Å². The topological polar surface area (TPSA) is 108 Å². The van der Waals surface area contributed by atoms with Crippen LogP contribution >= 0.6 is 0 Å². The van der Waals surface area contributed by atoms with Crippen LogP contribution in [0.3, 0.4) is 0 Å². The first kappa shape index (κ1) is 14.3. The molecule has 100 valence electrons. The summed E-state index contributed by atoms with van der Waals surface area (Å²) in [5, 5.41) is 31.0. The van der Waals surface area contributed by atoms with Crippen LogP contribution < -0.4 is 5.32 Å². The van der Waals surface area contributed by atoms with Crippen molar-refractivity contribution in [2.24, 2.45) is 0 Å². The molecule has 17 heavy (non-hydrogen) atoms. The van der Waals surface area contributed by atoms with Gasteiger partial charge in [0.15, 0.2) is 6.29 Å². The highest BCUT2D eigenvalue weighted by Gasteiger charge is 2.45. The first-order chi connectivity index (χ1) is 8.01. The van der Waals surface area contributed by atoms with Gasteiger partial charge < -0.3 is 30.1 Å². The van der Waals surface area contributed by atoms with Gasteiger partial charge in [0.1, 0.15) is 24.4 Å². The smallest absolute Gasteiger partial charge is 0.217 e. The summed E-state index contributed by atoms with van der Waals surface area (Å²) in [7, 11) is 0. The number of carbonyl (C=O) groups is 1. The van der Waals surface area contributed by atoms with Crippen LogP contribution in [0.2, 0.25) is 0 Å². The molecule has 7 heteroatoms. The van der Waals surface area contributed by atoms with Crippen LogP contribution in [0.25, 0.3) is 0 Å². The van der Waals surface area contributed by atoms with Gasteiger partial charge in [-0.2, -0.15) is 0 Å². The van der Waals surface area contributed by atoms with Crippen LogP contribution in [0, 0.1) is 0 Å². The second-order valence-corrected chi connectivity index (χ2v) is 3.88. The maximum Gasteiger partial charge on any atom is 0.217 e. The molecule has 0 aromatic rings. The normalized spacial score (nSPS) is 37.8. The Balaban J connectivity index is 2.81. The second kappa shape index (κ2) is 6.27. The van der Waals surface area contributed by atoms with E-state index in [1.165, 1.54) is 6.92 Å². The molecule has 0 aromatic heterocycles. The van der Waals surface area contributed by atoms with Gasteiger partial charge in [0, 0.05) is 13.5 Å². The van der Waals surface area contributed by atoms with Crippen molar-refractivity contribution in [1.82, 2.24) is 5.32 Å². The lowest BCUT2D eigenvalue weighted by Gasteiger charge is -2.42. The Bertz CT molecular complexity index is 261. The minimum absolute atomic E-state index is 0.308. The molecule has 0 bridgehead atoms. The van der Waals surface area contributed by atoms with E-state index in [1.807, 2.05) is 0 Å². The molecule has 7 nitrogen and oxygen atoms in total. The lowest BCUT2D eigenvalue weighted by molar-refractivity contribution is -0.261. The minimum atomic E-state index is -1.32. The number of hydrogen-bond donors (Lipinski definition) is 4. The van der Waals surface area contributed by atoms with Crippen molar-refractivity contribution in [3.8, 4) is 0 Å². The van der Waals surface area contributed by atoms with Gasteiger partial charge in [0.2, 0.25) is 5.91 Å². The van der Waals surface area contributed by atoms with Gasteiger partial charge in [-0.3, -0.25) is 4.79 Å². The standard InChI is InChI=1S/C10H19NO6/c1-3-16-9-7(11-5(2)13)10(15)17-6(4-12)8(9)14/h6-10,12,14-15H,3-4H2,1-2H3,(H,11,13)/t6-,7-,8+,9-,10-/m1/s1. The predicted molar refractivity (Wildman–Crippen MR) is 57.0 cm³/mol. The molecular formula is C10H19NO6. The zero-order chi connectivity index (χ0) is 13.0. The van der Waals surface area contributed by atoms with Crippen LogP contribution in [0.15, 0.2) is 0 Å². The summed E-state index contributed by atoms with van der Waals surface area (Å²) < 4.78 is 10.3. The number of hydrogen-bond acceptors (Lipinski definition) is 6. The SMILES string of the molecule is CCO[C@H]1[C@@H](O)[C@@H](CO)O[C@@H](O)[C@@H]1NC(C)=O. The third-order valence-electron chi connectivity index (χ3n) is 2.60. The third kappa shape index (κ3) is 3.36. The zero-order valence-corrected chi connectivity index (χ0v) is 9.87. The number of aliphatic hydroxyl groups is 3. The van der Waals surface area contributed by atoms with Crippen LogP contribution in [0.5, 0.6) is 0 Å². The molecule has 0 radical (unpaired) electrons. The fourth-order valence-electron chi connectivity index (χ4n) is 1.86. The Morgan fingerprint density at radius 3 is 2.59 bits per heavy atom. The maximum atomic E-state index is 11.0. The maximum absolute atomic E-state index is 11.0. The highest BCUT2D eigenvalue weighted by atomic mass is 16.6. The van der Waals surface area contributed by atoms with E-state index in [1.54, 1.807) is 6.92 Å². The molecule has 1 heterocycles. The molecule has 0 unspecified atom stereocenters. The van der Waals surface area contributed by atoms with Crippen molar-refractivity contribution in [1.29, 1.82) is 0 Å². The van der Waals surface area contributed by atoms with E-state index in [0.29, 0.717) is 6.61 Å². The number of ether oxygens (including phenoxy) is 2. The summed E-state index contributed by atoms with van der Waals surface area (Å²) in [6.07, 6.45) is -4.17. The lowest BCUT2D eigenvalue weighted by Crippen LogP contribution is -2.64. The number of amides is 1. The van der Waals surface area contributed by atoms with E-state index >= 15 is 0 Å². The zero-order valence-electron chi connectivity index (χ0n) is 9.87. The molecule has 0 saturated carbocycles. The molecule has 1 fully saturated rings. The van der Waals surface area contributed by atoms with Gasteiger partial charge in [0.05, 0.1) is 6.61 Å². The molecule has 0 aromatic carbocycles. The number of aliphatic hydroxyl groups excluding tert-OH is 3. The quantitative estimate of drug-likeness (QED) is 0.457. The first-order valence-corrected chi connectivity index (χ1v) is 5.52. The van der Waals surface area contributed by atoms with Gasteiger partial charge in [-0.15, -0.1) is 0 Å². The first-order valence-electron chi connectivity index (χ1n) is 5.52. The molecule has 1 amide bonds. The van der Waals surface area contributed by atoms with E-state index in [-0.39, 0.29) is 5.91 Å². The number of rotatable bonds is 4. The van der Waals surface area contributed by atoms with Crippen molar-refractivity contribution < 1.29 is 29.6 Å². The molecule has 0 aliphatic carbocycles. The molecule has 1 aliphatic heterocycles. The van der Waals surface area contributed by atoms with Crippen LogP contribution in [-0.4, -0.2) is 65.1 Å². The third-order valence-corrected chi connectivity index (χ3v) is 2.60. The van der Waals surface area contributed by atoms with Gasteiger partial charge >= 0.3 is 0 Å². The summed E-state index contributed by atoms with van der Waals surface area (Å²) in [5.41, 5.74) is 0. The van der Waals surface area contributed by atoms with Crippen LogP contribution in [0.4, 0.5) is 0 Å². The van der Waals surface area contributed by atoms with E-state index in [9.17, 15) is 15.0 Å². The van der Waals surface area contributed by atoms with Crippen molar-refractivity contribution in [3.05, 3.63) is 0 Å². The Labute approximate surface area is 99.3 Å². The van der Waals surface area contributed by atoms with Gasteiger partial charge in [-0.05, 0) is 6.92 Å². The highest BCUT2D eigenvalue weighted by Crippen LogP contribution is 2.22. The molecule has 1 aliphatic rings. The van der Waals surface area contributed by atoms with E-state index < -0.39 is 37.3 Å². The summed E-state index contributed by atoms with van der Waals surface area (Å²) in [6.45, 7) is 2.89. The Morgan fingerprint density at radius 2 is 2.12 bits per heavy atom. The van der Waals surface area contributed by atoms with Crippen molar-refractivity contribution in [2.45, 2.75) is 44.5 Å². The van der Waals surface area contributed by atoms with Crippen molar-refractivity contribution in [2.75, 3.05) is 13.2 Å². The molecule has 1 rings (SSSR count). The average molecular weight is 249 g/mol. The van der Waals surface area contributed by atoms with E-state index in [0.717, 1.165) is 0 Å². The van der Waals surface area contributed by atoms with Crippen molar-refractivity contribution in [3.63, 3.8) is 0 Å². The largest absolute Gasteiger partial charge is 0.394 e. The van der Waals surface area contributed by atoms with Crippen molar-refractivity contribution >= 4 is 5.91 Å². The van der Waals surface area contributed by atoms with Gasteiger partial charge in [-0.25, -0.2) is 0 Å². The number of nitrogens with one attached hydrogen (secondary N) is 1. The Kier molecular flexibility index (Phi) is 5.29. The monoisotopic (exact) mass is 249 g/mol. The Hall–Kier alpha value is -0.730. The average Bonchev–Trinajstić information content (AvgIpc) is 2.27. The number of carbonyl (C=O) groups excluding carboxylic acids is 1. The van der Waals surface area contributed by atoms with Crippen LogP contribution in [0.1, 0.15) is 13.8 Å². The minimum Gasteiger partial charge on any atom is -0.394 e. The fraction of sp³-hybridized carbons (Fsp3) is 0.900. The molecular weight excluding hydrogens is 230 g/mol. The van der Waals surface area contributed by atoms with E-state index in [2.05, 4.69) is 5.32 Å². The molecule has 1 saturated heterocycles. The summed E-state index contributed by atoms with van der Waals surface area (Å²) in [4.78, 5) is 11.0. The van der Waals surface area contributed by atoms with E-state index in [4.69, 9.17) is 14.6 Å². The van der Waals surface area contributed by atoms with Gasteiger partial charge in [0.25, 0.3) is 0 Å².